The summed E-state index contributed by atoms with van der Waals surface area (Å²) in [7, 11) is 0. The van der Waals surface area contributed by atoms with Crippen molar-refractivity contribution in [2.24, 2.45) is 5.41 Å². The van der Waals surface area contributed by atoms with Gasteiger partial charge in [-0.15, -0.1) is 10.2 Å². The summed E-state index contributed by atoms with van der Waals surface area (Å²) in [6, 6.07) is 12.7. The highest BCUT2D eigenvalue weighted by Crippen LogP contribution is 2.43. The summed E-state index contributed by atoms with van der Waals surface area (Å²) < 4.78 is 0. The summed E-state index contributed by atoms with van der Waals surface area (Å²) in [6.07, 6.45) is 4.29. The SMILES string of the molecule is O=C(Nc1ccccc1)c1ccc(NCC2(CCO)CCC2)nn1. The molecule has 0 saturated heterocycles. The number of aliphatic hydroxyl groups excluding tert-OH is 1. The molecule has 6 heteroatoms. The zero-order valence-electron chi connectivity index (χ0n) is 13.5. The third-order valence-corrected chi connectivity index (χ3v) is 4.63. The molecular formula is C18H22N4O2. The number of hydrogen-bond donors (Lipinski definition) is 3. The van der Waals surface area contributed by atoms with Gasteiger partial charge in [-0.1, -0.05) is 24.6 Å². The van der Waals surface area contributed by atoms with Crippen LogP contribution in [0.4, 0.5) is 11.5 Å². The first kappa shape index (κ1) is 16.4. The second kappa shape index (κ2) is 7.40. The smallest absolute Gasteiger partial charge is 0.276 e. The van der Waals surface area contributed by atoms with E-state index in [9.17, 15) is 9.90 Å². The maximum absolute atomic E-state index is 12.1. The maximum Gasteiger partial charge on any atom is 0.276 e. The Morgan fingerprint density at radius 1 is 1.12 bits per heavy atom. The summed E-state index contributed by atoms with van der Waals surface area (Å²) >= 11 is 0. The fourth-order valence-electron chi connectivity index (χ4n) is 2.97. The first-order valence-electron chi connectivity index (χ1n) is 8.26. The Balaban J connectivity index is 1.56. The van der Waals surface area contributed by atoms with Crippen LogP contribution < -0.4 is 10.6 Å². The largest absolute Gasteiger partial charge is 0.396 e. The van der Waals surface area contributed by atoms with E-state index in [-0.39, 0.29) is 23.6 Å². The molecular weight excluding hydrogens is 304 g/mol. The number of rotatable bonds is 7. The van der Waals surface area contributed by atoms with Crippen molar-refractivity contribution in [2.45, 2.75) is 25.7 Å². The maximum atomic E-state index is 12.1. The number of benzene rings is 1. The van der Waals surface area contributed by atoms with E-state index >= 15 is 0 Å². The summed E-state index contributed by atoms with van der Waals surface area (Å²) in [5.41, 5.74) is 1.18. The van der Waals surface area contributed by atoms with Crippen molar-refractivity contribution in [3.63, 3.8) is 0 Å². The van der Waals surface area contributed by atoms with Crippen LogP contribution in [0.15, 0.2) is 42.5 Å². The summed E-state index contributed by atoms with van der Waals surface area (Å²) in [4.78, 5) is 12.1. The Labute approximate surface area is 141 Å². The number of aromatic nitrogens is 2. The lowest BCUT2D eigenvalue weighted by molar-refractivity contribution is 0.101. The molecule has 0 bridgehead atoms. The average molecular weight is 326 g/mol. The van der Waals surface area contributed by atoms with Crippen LogP contribution in [0.25, 0.3) is 0 Å². The minimum absolute atomic E-state index is 0.180. The number of amides is 1. The molecule has 1 aliphatic rings. The van der Waals surface area contributed by atoms with Gasteiger partial charge >= 0.3 is 0 Å². The molecule has 1 heterocycles. The van der Waals surface area contributed by atoms with E-state index in [0.717, 1.165) is 31.5 Å². The second-order valence-electron chi connectivity index (χ2n) is 6.30. The standard InChI is InChI=1S/C18H22N4O2/c23-12-11-18(9-4-10-18)13-19-16-8-7-15(21-22-16)17(24)20-14-5-2-1-3-6-14/h1-3,5-8,23H,4,9-13H2,(H,19,22)(H,20,24). The zero-order chi connectivity index (χ0) is 16.8. The molecule has 3 N–H and O–H groups in total. The molecule has 1 saturated carbocycles. The van der Waals surface area contributed by atoms with Crippen LogP contribution in [0.1, 0.15) is 36.2 Å². The molecule has 0 unspecified atom stereocenters. The molecule has 1 amide bonds. The lowest BCUT2D eigenvalue weighted by atomic mass is 9.67. The van der Waals surface area contributed by atoms with E-state index in [0.29, 0.717) is 5.82 Å². The van der Waals surface area contributed by atoms with Crippen LogP contribution in [-0.4, -0.2) is 34.4 Å². The fraction of sp³-hybridized carbons (Fsp3) is 0.389. The monoisotopic (exact) mass is 326 g/mol. The summed E-state index contributed by atoms with van der Waals surface area (Å²) in [5, 5.41) is 23.3. The number of nitrogens with one attached hydrogen (secondary N) is 2. The Morgan fingerprint density at radius 3 is 2.50 bits per heavy atom. The molecule has 0 spiro atoms. The molecule has 0 radical (unpaired) electrons. The minimum atomic E-state index is -0.281. The lowest BCUT2D eigenvalue weighted by Gasteiger charge is -2.41. The summed E-state index contributed by atoms with van der Waals surface area (Å²) in [6.45, 7) is 0.990. The highest BCUT2D eigenvalue weighted by Gasteiger charge is 2.36. The van der Waals surface area contributed by atoms with Crippen molar-refractivity contribution in [3.8, 4) is 0 Å². The van der Waals surface area contributed by atoms with Gasteiger partial charge in [-0.25, -0.2) is 0 Å². The van der Waals surface area contributed by atoms with Gasteiger partial charge < -0.3 is 15.7 Å². The first-order chi connectivity index (χ1) is 11.7. The van der Waals surface area contributed by atoms with E-state index in [2.05, 4.69) is 20.8 Å². The Hall–Kier alpha value is -2.47. The van der Waals surface area contributed by atoms with Gasteiger partial charge in [0.2, 0.25) is 0 Å². The van der Waals surface area contributed by atoms with Gasteiger partial charge in [-0.2, -0.15) is 0 Å². The molecule has 1 aromatic carbocycles. The fourth-order valence-corrected chi connectivity index (χ4v) is 2.97. The van der Waals surface area contributed by atoms with Gasteiger partial charge in [0.25, 0.3) is 5.91 Å². The molecule has 24 heavy (non-hydrogen) atoms. The van der Waals surface area contributed by atoms with Gasteiger partial charge in [0.1, 0.15) is 5.82 Å². The van der Waals surface area contributed by atoms with Crippen LogP contribution in [0, 0.1) is 5.41 Å². The van der Waals surface area contributed by atoms with Crippen LogP contribution in [-0.2, 0) is 0 Å². The van der Waals surface area contributed by atoms with Gasteiger partial charge in [-0.05, 0) is 48.9 Å². The molecule has 0 atom stereocenters. The van der Waals surface area contributed by atoms with Crippen molar-refractivity contribution in [3.05, 3.63) is 48.2 Å². The van der Waals surface area contributed by atoms with Gasteiger partial charge in [-0.3, -0.25) is 4.79 Å². The first-order valence-corrected chi connectivity index (χ1v) is 8.26. The molecule has 0 aliphatic heterocycles. The van der Waals surface area contributed by atoms with E-state index < -0.39 is 0 Å². The third-order valence-electron chi connectivity index (χ3n) is 4.63. The number of carbonyl (C=O) groups is 1. The van der Waals surface area contributed by atoms with Crippen LogP contribution in [0.3, 0.4) is 0 Å². The highest BCUT2D eigenvalue weighted by molar-refractivity contribution is 6.02. The predicted octanol–water partition coefficient (Wildman–Crippen LogP) is 2.69. The second-order valence-corrected chi connectivity index (χ2v) is 6.30. The molecule has 1 aliphatic carbocycles. The molecule has 2 aromatic rings. The topological polar surface area (TPSA) is 87.1 Å². The lowest BCUT2D eigenvalue weighted by Crippen LogP contribution is -2.37. The third kappa shape index (κ3) is 3.89. The van der Waals surface area contributed by atoms with Crippen molar-refractivity contribution in [1.82, 2.24) is 10.2 Å². The van der Waals surface area contributed by atoms with E-state index in [1.54, 1.807) is 12.1 Å². The normalized spacial score (nSPS) is 15.4. The van der Waals surface area contributed by atoms with Crippen molar-refractivity contribution >= 4 is 17.4 Å². The number of aliphatic hydroxyl groups is 1. The molecule has 1 fully saturated rings. The van der Waals surface area contributed by atoms with Gasteiger partial charge in [0.05, 0.1) is 0 Å². The average Bonchev–Trinajstić information content (AvgIpc) is 2.58. The van der Waals surface area contributed by atoms with Crippen molar-refractivity contribution in [1.29, 1.82) is 0 Å². The van der Waals surface area contributed by atoms with Crippen LogP contribution >= 0.6 is 0 Å². The van der Waals surface area contributed by atoms with Crippen LogP contribution in [0.5, 0.6) is 0 Å². The Bertz CT molecular complexity index is 669. The van der Waals surface area contributed by atoms with Crippen LogP contribution in [0.2, 0.25) is 0 Å². The molecule has 6 nitrogen and oxygen atoms in total. The van der Waals surface area contributed by atoms with Crippen molar-refractivity contribution in [2.75, 3.05) is 23.8 Å². The molecule has 126 valence electrons. The zero-order valence-corrected chi connectivity index (χ0v) is 13.5. The minimum Gasteiger partial charge on any atom is -0.396 e. The van der Waals surface area contributed by atoms with Gasteiger partial charge in [0, 0.05) is 18.8 Å². The number of carbonyl (C=O) groups excluding carboxylic acids is 1. The predicted molar refractivity (Wildman–Crippen MR) is 92.9 cm³/mol. The summed E-state index contributed by atoms with van der Waals surface area (Å²) in [5.74, 6) is 0.367. The highest BCUT2D eigenvalue weighted by atomic mass is 16.3. The molecule has 1 aromatic heterocycles. The van der Waals surface area contributed by atoms with E-state index in [1.807, 2.05) is 30.3 Å². The molecule has 3 rings (SSSR count). The van der Waals surface area contributed by atoms with E-state index in [4.69, 9.17) is 0 Å². The van der Waals surface area contributed by atoms with Gasteiger partial charge in [0.15, 0.2) is 5.69 Å². The Kier molecular flexibility index (Phi) is 5.05. The van der Waals surface area contributed by atoms with E-state index in [1.165, 1.54) is 6.42 Å². The number of para-hydroxylation sites is 1. The van der Waals surface area contributed by atoms with Crippen molar-refractivity contribution < 1.29 is 9.90 Å². The number of hydrogen-bond acceptors (Lipinski definition) is 5. The number of anilines is 2. The quantitative estimate of drug-likeness (QED) is 0.728. The Morgan fingerprint density at radius 2 is 1.92 bits per heavy atom. The number of nitrogens with zero attached hydrogens (tertiary/aromatic N) is 2.